The Labute approximate surface area is 212 Å². The van der Waals surface area contributed by atoms with Crippen LogP contribution in [0.15, 0.2) is 109 Å². The van der Waals surface area contributed by atoms with Crippen LogP contribution in [0.4, 0.5) is 10.9 Å². The number of thiazole rings is 1. The summed E-state index contributed by atoms with van der Waals surface area (Å²) >= 11 is 1.53. The van der Waals surface area contributed by atoms with Crippen molar-refractivity contribution in [1.29, 1.82) is 0 Å². The van der Waals surface area contributed by atoms with Gasteiger partial charge in [-0.25, -0.2) is 15.0 Å². The van der Waals surface area contributed by atoms with Gasteiger partial charge in [-0.15, -0.1) is 11.3 Å². The maximum atomic E-state index is 6.08. The number of hydrogen-bond acceptors (Lipinski definition) is 7. The fourth-order valence-corrected chi connectivity index (χ4v) is 4.55. The first kappa shape index (κ1) is 21.9. The molecule has 6 rings (SSSR count). The number of hydrogen-bond donors (Lipinski definition) is 1. The summed E-state index contributed by atoms with van der Waals surface area (Å²) in [6.45, 7) is 0.483. The first-order valence-corrected chi connectivity index (χ1v) is 12.4. The lowest BCUT2D eigenvalue weighted by atomic mass is 10.2. The molecule has 0 fully saturated rings. The van der Waals surface area contributed by atoms with E-state index >= 15 is 0 Å². The molecule has 1 N–H and O–H groups in total. The molecule has 174 valence electrons. The molecule has 0 spiro atoms. The van der Waals surface area contributed by atoms with Crippen molar-refractivity contribution in [2.24, 2.45) is 0 Å². The molecule has 6 nitrogen and oxygen atoms in total. The molecule has 3 aromatic carbocycles. The molecule has 7 heteroatoms. The molecule has 3 aromatic heterocycles. The largest absolute Gasteiger partial charge is 0.489 e. The van der Waals surface area contributed by atoms with Crippen LogP contribution in [0.3, 0.4) is 0 Å². The monoisotopic (exact) mass is 487 g/mol. The minimum Gasteiger partial charge on any atom is -0.489 e. The zero-order chi connectivity index (χ0) is 24.2. The summed E-state index contributed by atoms with van der Waals surface area (Å²) in [5.41, 5.74) is 4.74. The predicted octanol–water partition coefficient (Wildman–Crippen LogP) is 7.14. The quantitative estimate of drug-likeness (QED) is 0.258. The first-order chi connectivity index (χ1) is 17.8. The van der Waals surface area contributed by atoms with E-state index in [1.54, 1.807) is 12.4 Å². The highest BCUT2D eigenvalue weighted by atomic mass is 32.1. The van der Waals surface area contributed by atoms with Crippen LogP contribution in [0.5, 0.6) is 5.75 Å². The highest BCUT2D eigenvalue weighted by Gasteiger charge is 2.13. The van der Waals surface area contributed by atoms with Gasteiger partial charge in [-0.2, -0.15) is 0 Å². The predicted molar refractivity (Wildman–Crippen MR) is 144 cm³/mol. The van der Waals surface area contributed by atoms with Crippen LogP contribution in [-0.4, -0.2) is 19.9 Å². The normalized spacial score (nSPS) is 10.9. The Bertz CT molecular complexity index is 1610. The Balaban J connectivity index is 1.37. The van der Waals surface area contributed by atoms with Crippen LogP contribution in [0, 0.1) is 0 Å². The topological polar surface area (TPSA) is 72.8 Å². The van der Waals surface area contributed by atoms with Crippen molar-refractivity contribution in [3.05, 3.63) is 114 Å². The van der Waals surface area contributed by atoms with E-state index in [-0.39, 0.29) is 0 Å². The summed E-state index contributed by atoms with van der Waals surface area (Å²) in [7, 11) is 0. The van der Waals surface area contributed by atoms with Crippen molar-refractivity contribution < 1.29 is 4.74 Å². The molecule has 0 saturated heterocycles. The zero-order valence-electron chi connectivity index (χ0n) is 19.2. The molecule has 0 amide bonds. The molecule has 6 aromatic rings. The van der Waals surface area contributed by atoms with E-state index in [0.717, 1.165) is 44.2 Å². The number of nitrogens with one attached hydrogen (secondary N) is 1. The van der Waals surface area contributed by atoms with Gasteiger partial charge in [-0.1, -0.05) is 60.7 Å². The Morgan fingerprint density at radius 1 is 0.778 bits per heavy atom. The van der Waals surface area contributed by atoms with Crippen molar-refractivity contribution in [2.45, 2.75) is 6.61 Å². The van der Waals surface area contributed by atoms with E-state index in [2.05, 4.69) is 22.4 Å². The molecule has 0 unspecified atom stereocenters. The van der Waals surface area contributed by atoms with Gasteiger partial charge in [-0.3, -0.25) is 4.98 Å². The van der Waals surface area contributed by atoms with E-state index in [4.69, 9.17) is 19.7 Å². The highest BCUT2D eigenvalue weighted by Crippen LogP contribution is 2.32. The molecule has 0 radical (unpaired) electrons. The molecular formula is C29H21N5OS. The Hall–Kier alpha value is -4.62. The highest BCUT2D eigenvalue weighted by molar-refractivity contribution is 7.14. The fraction of sp³-hybridized carbons (Fsp3) is 0.0345. The van der Waals surface area contributed by atoms with E-state index in [0.29, 0.717) is 18.2 Å². The van der Waals surface area contributed by atoms with Crippen molar-refractivity contribution in [1.82, 2.24) is 19.9 Å². The van der Waals surface area contributed by atoms with Crippen LogP contribution in [0.25, 0.3) is 33.5 Å². The molecular weight excluding hydrogens is 466 g/mol. The van der Waals surface area contributed by atoms with Gasteiger partial charge in [-0.05, 0) is 35.9 Å². The van der Waals surface area contributed by atoms with E-state index in [1.165, 1.54) is 11.3 Å². The molecule has 36 heavy (non-hydrogen) atoms. The van der Waals surface area contributed by atoms with Crippen LogP contribution >= 0.6 is 11.3 Å². The van der Waals surface area contributed by atoms with E-state index in [9.17, 15) is 0 Å². The van der Waals surface area contributed by atoms with E-state index < -0.39 is 0 Å². The summed E-state index contributed by atoms with van der Waals surface area (Å²) in [5.74, 6) is 2.00. The molecule has 0 atom stereocenters. The van der Waals surface area contributed by atoms with Gasteiger partial charge in [0.1, 0.15) is 18.2 Å². The number of fused-ring (bicyclic) bond motifs is 1. The lowest BCUT2D eigenvalue weighted by molar-refractivity contribution is 0.306. The molecule has 0 bridgehead atoms. The fourth-order valence-electron chi connectivity index (χ4n) is 3.83. The zero-order valence-corrected chi connectivity index (χ0v) is 20.0. The lowest BCUT2D eigenvalue weighted by Gasteiger charge is -2.12. The average molecular weight is 488 g/mol. The average Bonchev–Trinajstić information content (AvgIpc) is 3.42. The van der Waals surface area contributed by atoms with Gasteiger partial charge in [0.05, 0.1) is 11.2 Å². The third-order valence-electron chi connectivity index (χ3n) is 5.63. The summed E-state index contributed by atoms with van der Waals surface area (Å²) < 4.78 is 6.08. The van der Waals surface area contributed by atoms with Gasteiger partial charge in [0.2, 0.25) is 0 Å². The molecule has 0 aliphatic carbocycles. The minimum absolute atomic E-state index is 0.483. The van der Waals surface area contributed by atoms with E-state index in [1.807, 2.05) is 84.2 Å². The Morgan fingerprint density at radius 3 is 2.39 bits per heavy atom. The van der Waals surface area contributed by atoms with Crippen molar-refractivity contribution in [2.75, 3.05) is 5.32 Å². The summed E-state index contributed by atoms with van der Waals surface area (Å²) in [4.78, 5) is 18.7. The number of ether oxygens (including phenoxy) is 1. The second-order valence-corrected chi connectivity index (χ2v) is 8.98. The van der Waals surface area contributed by atoms with Crippen LogP contribution in [-0.2, 0) is 6.61 Å². The van der Waals surface area contributed by atoms with Crippen molar-refractivity contribution in [3.8, 4) is 28.4 Å². The number of anilines is 2. The first-order valence-electron chi connectivity index (χ1n) is 11.5. The summed E-state index contributed by atoms with van der Waals surface area (Å²) in [6, 6.07) is 29.9. The van der Waals surface area contributed by atoms with Gasteiger partial charge in [0.25, 0.3) is 0 Å². The third-order valence-corrected chi connectivity index (χ3v) is 6.39. The van der Waals surface area contributed by atoms with Gasteiger partial charge >= 0.3 is 0 Å². The molecule has 3 heterocycles. The lowest BCUT2D eigenvalue weighted by Crippen LogP contribution is -2.00. The summed E-state index contributed by atoms with van der Waals surface area (Å²) in [6.07, 6.45) is 3.50. The van der Waals surface area contributed by atoms with Crippen LogP contribution < -0.4 is 10.1 Å². The van der Waals surface area contributed by atoms with Crippen LogP contribution in [0.1, 0.15) is 5.56 Å². The smallest absolute Gasteiger partial charge is 0.188 e. The SMILES string of the molecule is c1ccc(COc2ccc3nc(-c4cccnc4)nc(Nc4nc(-c5ccccc5)cs4)c3c2)cc1. The van der Waals surface area contributed by atoms with Crippen LogP contribution in [0.2, 0.25) is 0 Å². The standard InChI is InChI=1S/C29H21N5OS/c1-3-8-20(9-4-1)18-35-23-13-14-25-24(16-23)28(33-27(31-25)22-12-7-15-30-17-22)34-29-32-26(19-36-29)21-10-5-2-6-11-21/h1-17,19H,18H2,(H,31,32,33,34). The Kier molecular flexibility index (Phi) is 6.04. The van der Waals surface area contributed by atoms with Crippen molar-refractivity contribution in [3.63, 3.8) is 0 Å². The number of rotatable bonds is 7. The maximum Gasteiger partial charge on any atom is 0.188 e. The maximum absolute atomic E-state index is 6.08. The minimum atomic E-state index is 0.483. The van der Waals surface area contributed by atoms with Gasteiger partial charge in [0, 0.05) is 34.3 Å². The number of aromatic nitrogens is 4. The number of pyridine rings is 1. The summed E-state index contributed by atoms with van der Waals surface area (Å²) in [5, 5.41) is 7.07. The van der Waals surface area contributed by atoms with Gasteiger partial charge in [0.15, 0.2) is 11.0 Å². The Morgan fingerprint density at radius 2 is 1.58 bits per heavy atom. The van der Waals surface area contributed by atoms with Gasteiger partial charge < -0.3 is 10.1 Å². The third kappa shape index (κ3) is 4.78. The number of nitrogens with zero attached hydrogens (tertiary/aromatic N) is 4. The molecule has 0 saturated carbocycles. The molecule has 0 aliphatic heterocycles. The second-order valence-electron chi connectivity index (χ2n) is 8.12. The second kappa shape index (κ2) is 9.93. The molecule has 0 aliphatic rings. The van der Waals surface area contributed by atoms with Crippen molar-refractivity contribution >= 4 is 33.2 Å². The number of benzene rings is 3.